The Hall–Kier alpha value is -1.59. The number of amides is 1. The number of piperidine rings is 1. The lowest BCUT2D eigenvalue weighted by atomic mass is 10.0. The van der Waals surface area contributed by atoms with Gasteiger partial charge in [-0.2, -0.15) is 0 Å². The van der Waals surface area contributed by atoms with Crippen molar-refractivity contribution in [1.82, 2.24) is 4.90 Å². The molecule has 0 unspecified atom stereocenters. The standard InChI is InChI=1S/C16H22N2O3/c1-17(2)14-6-3-5-13(11-14)15(19)18-8-4-7-16(12-18)20-9-10-21-16/h3,5-6,11H,4,7-10,12H2,1-2H3. The molecule has 0 aromatic heterocycles. The molecule has 2 aliphatic rings. The van der Waals surface area contributed by atoms with Crippen LogP contribution in [-0.2, 0) is 9.47 Å². The fraction of sp³-hybridized carbons (Fsp3) is 0.562. The van der Waals surface area contributed by atoms with Gasteiger partial charge in [-0.3, -0.25) is 4.79 Å². The molecule has 114 valence electrons. The highest BCUT2D eigenvalue weighted by molar-refractivity contribution is 5.95. The molecule has 0 atom stereocenters. The van der Waals surface area contributed by atoms with Crippen LogP contribution in [0.15, 0.2) is 24.3 Å². The van der Waals surface area contributed by atoms with Gasteiger partial charge in [0, 0.05) is 38.3 Å². The average molecular weight is 290 g/mol. The molecule has 0 radical (unpaired) electrons. The Kier molecular flexibility index (Phi) is 3.87. The summed E-state index contributed by atoms with van der Waals surface area (Å²) < 4.78 is 11.5. The van der Waals surface area contributed by atoms with Gasteiger partial charge in [0.15, 0.2) is 5.79 Å². The number of hydrogen-bond donors (Lipinski definition) is 0. The second-order valence-corrected chi connectivity index (χ2v) is 5.88. The van der Waals surface area contributed by atoms with Gasteiger partial charge in [-0.05, 0) is 24.6 Å². The SMILES string of the molecule is CN(C)c1cccc(C(=O)N2CCCC3(C2)OCCO3)c1. The molecule has 1 spiro atoms. The van der Waals surface area contributed by atoms with Crippen LogP contribution in [0.1, 0.15) is 23.2 Å². The molecule has 0 saturated carbocycles. The molecule has 2 aliphatic heterocycles. The minimum atomic E-state index is -0.562. The van der Waals surface area contributed by atoms with Gasteiger partial charge >= 0.3 is 0 Å². The molecule has 5 nitrogen and oxygen atoms in total. The van der Waals surface area contributed by atoms with Gasteiger partial charge in [-0.25, -0.2) is 0 Å². The third kappa shape index (κ3) is 2.89. The first-order chi connectivity index (χ1) is 10.1. The zero-order chi connectivity index (χ0) is 14.9. The smallest absolute Gasteiger partial charge is 0.254 e. The van der Waals surface area contributed by atoms with Crippen LogP contribution >= 0.6 is 0 Å². The predicted molar refractivity (Wildman–Crippen MR) is 80.5 cm³/mol. The largest absolute Gasteiger partial charge is 0.378 e. The number of likely N-dealkylation sites (tertiary alicyclic amines) is 1. The van der Waals surface area contributed by atoms with E-state index < -0.39 is 5.79 Å². The Labute approximate surface area is 125 Å². The van der Waals surface area contributed by atoms with Crippen molar-refractivity contribution in [1.29, 1.82) is 0 Å². The highest BCUT2D eigenvalue weighted by Crippen LogP contribution is 2.31. The average Bonchev–Trinajstić information content (AvgIpc) is 2.94. The molecular weight excluding hydrogens is 268 g/mol. The monoisotopic (exact) mass is 290 g/mol. The molecule has 2 fully saturated rings. The summed E-state index contributed by atoms with van der Waals surface area (Å²) in [5.74, 6) is -0.510. The van der Waals surface area contributed by atoms with E-state index in [0.717, 1.165) is 30.6 Å². The molecule has 1 amide bonds. The Morgan fingerprint density at radius 3 is 2.76 bits per heavy atom. The summed E-state index contributed by atoms with van der Waals surface area (Å²) in [5, 5.41) is 0. The van der Waals surface area contributed by atoms with Crippen LogP contribution in [0.25, 0.3) is 0 Å². The molecule has 2 saturated heterocycles. The molecule has 5 heteroatoms. The normalized spacial score (nSPS) is 20.8. The minimum Gasteiger partial charge on any atom is -0.378 e. The third-order valence-electron chi connectivity index (χ3n) is 4.13. The summed E-state index contributed by atoms with van der Waals surface area (Å²) in [5.41, 5.74) is 1.75. The molecule has 21 heavy (non-hydrogen) atoms. The number of carbonyl (C=O) groups excluding carboxylic acids is 1. The van der Waals surface area contributed by atoms with Crippen molar-refractivity contribution in [2.75, 3.05) is 45.3 Å². The Bertz CT molecular complexity index is 524. The Balaban J connectivity index is 1.76. The second-order valence-electron chi connectivity index (χ2n) is 5.88. The molecule has 2 heterocycles. The first-order valence-corrected chi connectivity index (χ1v) is 7.44. The van der Waals surface area contributed by atoms with E-state index in [2.05, 4.69) is 0 Å². The molecule has 0 bridgehead atoms. The summed E-state index contributed by atoms with van der Waals surface area (Å²) in [6, 6.07) is 7.72. The number of rotatable bonds is 2. The van der Waals surface area contributed by atoms with Crippen molar-refractivity contribution in [2.45, 2.75) is 18.6 Å². The highest BCUT2D eigenvalue weighted by atomic mass is 16.7. The summed E-state index contributed by atoms with van der Waals surface area (Å²) in [6.45, 7) is 2.54. The maximum absolute atomic E-state index is 12.7. The van der Waals surface area contributed by atoms with Gasteiger partial charge in [0.1, 0.15) is 0 Å². The number of hydrogen-bond acceptors (Lipinski definition) is 4. The number of nitrogens with zero attached hydrogens (tertiary/aromatic N) is 2. The fourth-order valence-electron chi connectivity index (χ4n) is 2.99. The van der Waals surface area contributed by atoms with Gasteiger partial charge in [-0.15, -0.1) is 0 Å². The van der Waals surface area contributed by atoms with E-state index in [1.54, 1.807) is 0 Å². The van der Waals surface area contributed by atoms with E-state index in [9.17, 15) is 4.79 Å². The molecule has 3 rings (SSSR count). The van der Waals surface area contributed by atoms with Crippen LogP contribution in [0.5, 0.6) is 0 Å². The zero-order valence-corrected chi connectivity index (χ0v) is 12.7. The quantitative estimate of drug-likeness (QED) is 0.832. The first kappa shape index (κ1) is 14.4. The number of anilines is 1. The van der Waals surface area contributed by atoms with E-state index in [1.165, 1.54) is 0 Å². The van der Waals surface area contributed by atoms with E-state index >= 15 is 0 Å². The first-order valence-electron chi connectivity index (χ1n) is 7.44. The van der Waals surface area contributed by atoms with Crippen molar-refractivity contribution < 1.29 is 14.3 Å². The fourth-order valence-corrected chi connectivity index (χ4v) is 2.99. The lowest BCUT2D eigenvalue weighted by Crippen LogP contribution is -2.51. The van der Waals surface area contributed by atoms with Crippen LogP contribution in [0.4, 0.5) is 5.69 Å². The molecule has 1 aromatic carbocycles. The summed E-state index contributed by atoms with van der Waals surface area (Å²) in [7, 11) is 3.94. The highest BCUT2D eigenvalue weighted by Gasteiger charge is 2.42. The zero-order valence-electron chi connectivity index (χ0n) is 12.7. The van der Waals surface area contributed by atoms with E-state index in [0.29, 0.717) is 19.8 Å². The van der Waals surface area contributed by atoms with Gasteiger partial charge in [0.05, 0.1) is 19.8 Å². The second kappa shape index (κ2) is 5.66. The summed E-state index contributed by atoms with van der Waals surface area (Å²) in [6.07, 6.45) is 1.79. The predicted octanol–water partition coefficient (Wildman–Crippen LogP) is 1.73. The van der Waals surface area contributed by atoms with Gasteiger partial charge in [0.2, 0.25) is 0 Å². The third-order valence-corrected chi connectivity index (χ3v) is 4.13. The lowest BCUT2D eigenvalue weighted by molar-refractivity contribution is -0.183. The number of carbonyl (C=O) groups is 1. The van der Waals surface area contributed by atoms with Gasteiger partial charge < -0.3 is 19.3 Å². The maximum atomic E-state index is 12.7. The Morgan fingerprint density at radius 1 is 1.29 bits per heavy atom. The Morgan fingerprint density at radius 2 is 2.05 bits per heavy atom. The van der Waals surface area contributed by atoms with Crippen LogP contribution in [0.3, 0.4) is 0 Å². The molecule has 0 N–H and O–H groups in total. The summed E-state index contributed by atoms with van der Waals surface area (Å²) >= 11 is 0. The van der Waals surface area contributed by atoms with E-state index in [4.69, 9.17) is 9.47 Å². The van der Waals surface area contributed by atoms with Crippen LogP contribution in [0, 0.1) is 0 Å². The minimum absolute atomic E-state index is 0.0527. The maximum Gasteiger partial charge on any atom is 0.254 e. The van der Waals surface area contributed by atoms with Crippen LogP contribution in [0.2, 0.25) is 0 Å². The van der Waals surface area contributed by atoms with Gasteiger partial charge in [0.25, 0.3) is 5.91 Å². The molecule has 0 aliphatic carbocycles. The van der Waals surface area contributed by atoms with Crippen molar-refractivity contribution in [3.8, 4) is 0 Å². The van der Waals surface area contributed by atoms with Gasteiger partial charge in [-0.1, -0.05) is 6.07 Å². The number of ether oxygens (including phenoxy) is 2. The van der Waals surface area contributed by atoms with Crippen LogP contribution < -0.4 is 4.90 Å². The van der Waals surface area contributed by atoms with Crippen molar-refractivity contribution in [3.05, 3.63) is 29.8 Å². The van der Waals surface area contributed by atoms with Crippen molar-refractivity contribution in [3.63, 3.8) is 0 Å². The molecule has 1 aromatic rings. The van der Waals surface area contributed by atoms with Crippen molar-refractivity contribution in [2.24, 2.45) is 0 Å². The van der Waals surface area contributed by atoms with E-state index in [1.807, 2.05) is 48.2 Å². The topological polar surface area (TPSA) is 42.0 Å². The van der Waals surface area contributed by atoms with Crippen molar-refractivity contribution >= 4 is 11.6 Å². The van der Waals surface area contributed by atoms with Crippen LogP contribution in [-0.4, -0.2) is 57.0 Å². The summed E-state index contributed by atoms with van der Waals surface area (Å²) in [4.78, 5) is 16.6. The lowest BCUT2D eigenvalue weighted by Gasteiger charge is -2.38. The number of benzene rings is 1. The van der Waals surface area contributed by atoms with E-state index in [-0.39, 0.29) is 5.91 Å². The molecular formula is C16H22N2O3.